The zero-order valence-electron chi connectivity index (χ0n) is 14.8. The van der Waals surface area contributed by atoms with Crippen molar-refractivity contribution in [2.45, 2.75) is 12.8 Å². The summed E-state index contributed by atoms with van der Waals surface area (Å²) < 4.78 is 5.14. The van der Waals surface area contributed by atoms with Crippen molar-refractivity contribution in [2.24, 2.45) is 5.92 Å². The standard InChI is InChI=1S/C17H27N5O3/c1-25-12-11-20-6-2-3-14(13-20)17(24)22-9-7-21(8-10-22)15-16(23)19-5-4-18-15/h4-5,14H,2-3,6-13H2,1H3,(H,19,23)/t14-/m1/s1. The van der Waals surface area contributed by atoms with Crippen LogP contribution in [0.4, 0.5) is 5.82 Å². The zero-order valence-corrected chi connectivity index (χ0v) is 14.8. The highest BCUT2D eigenvalue weighted by atomic mass is 16.5. The van der Waals surface area contributed by atoms with Crippen LogP contribution in [0.5, 0.6) is 0 Å². The van der Waals surface area contributed by atoms with Gasteiger partial charge in [-0.1, -0.05) is 0 Å². The predicted molar refractivity (Wildman–Crippen MR) is 94.7 cm³/mol. The Balaban J connectivity index is 1.53. The van der Waals surface area contributed by atoms with E-state index in [4.69, 9.17) is 4.74 Å². The number of carbonyl (C=O) groups excluding carboxylic acids is 1. The summed E-state index contributed by atoms with van der Waals surface area (Å²) in [4.78, 5) is 37.7. The van der Waals surface area contributed by atoms with Crippen LogP contribution < -0.4 is 10.5 Å². The lowest BCUT2D eigenvalue weighted by atomic mass is 9.96. The Morgan fingerprint density at radius 2 is 2.12 bits per heavy atom. The topological polar surface area (TPSA) is 81.8 Å². The van der Waals surface area contributed by atoms with Gasteiger partial charge in [-0.05, 0) is 19.4 Å². The number of piperidine rings is 1. The fourth-order valence-corrected chi connectivity index (χ4v) is 3.65. The van der Waals surface area contributed by atoms with E-state index in [0.29, 0.717) is 38.6 Å². The maximum Gasteiger partial charge on any atom is 0.290 e. The molecule has 2 aliphatic rings. The van der Waals surface area contributed by atoms with Crippen molar-refractivity contribution in [1.82, 2.24) is 19.8 Å². The molecule has 1 N–H and O–H groups in total. The molecule has 3 heterocycles. The summed E-state index contributed by atoms with van der Waals surface area (Å²) in [6, 6.07) is 0. The van der Waals surface area contributed by atoms with Crippen LogP contribution in [0.1, 0.15) is 12.8 Å². The highest BCUT2D eigenvalue weighted by Crippen LogP contribution is 2.20. The molecule has 2 fully saturated rings. The number of hydrogen-bond acceptors (Lipinski definition) is 6. The number of carbonyl (C=O) groups is 1. The fraction of sp³-hybridized carbons (Fsp3) is 0.706. The molecule has 1 aromatic rings. The molecule has 0 spiro atoms. The first-order chi connectivity index (χ1) is 12.2. The molecule has 1 amide bonds. The van der Waals surface area contributed by atoms with Crippen molar-refractivity contribution in [2.75, 3.05) is 64.4 Å². The first-order valence-corrected chi connectivity index (χ1v) is 8.97. The van der Waals surface area contributed by atoms with Gasteiger partial charge in [0.05, 0.1) is 12.5 Å². The molecule has 3 rings (SSSR count). The third-order valence-corrected chi connectivity index (χ3v) is 5.05. The van der Waals surface area contributed by atoms with Gasteiger partial charge in [-0.25, -0.2) is 4.98 Å². The molecule has 0 bridgehead atoms. The molecule has 0 unspecified atom stereocenters. The largest absolute Gasteiger partial charge is 0.383 e. The quantitative estimate of drug-likeness (QED) is 0.791. The number of aromatic nitrogens is 2. The van der Waals surface area contributed by atoms with E-state index < -0.39 is 0 Å². The van der Waals surface area contributed by atoms with E-state index in [0.717, 1.165) is 32.5 Å². The molecule has 8 nitrogen and oxygen atoms in total. The van der Waals surface area contributed by atoms with Gasteiger partial charge in [0.15, 0.2) is 5.82 Å². The number of H-pyrrole nitrogens is 1. The second-order valence-corrected chi connectivity index (χ2v) is 6.69. The minimum absolute atomic E-state index is 0.0791. The summed E-state index contributed by atoms with van der Waals surface area (Å²) in [5.41, 5.74) is -0.177. The third-order valence-electron chi connectivity index (χ3n) is 5.05. The molecular weight excluding hydrogens is 322 g/mol. The van der Waals surface area contributed by atoms with Crippen LogP contribution >= 0.6 is 0 Å². The van der Waals surface area contributed by atoms with Gasteiger partial charge in [0, 0.05) is 58.8 Å². The third kappa shape index (κ3) is 4.38. The van der Waals surface area contributed by atoms with Crippen LogP contribution in [0.2, 0.25) is 0 Å². The zero-order chi connectivity index (χ0) is 17.6. The number of piperazine rings is 1. The smallest absolute Gasteiger partial charge is 0.290 e. The summed E-state index contributed by atoms with van der Waals surface area (Å²) in [6.07, 6.45) is 5.14. The van der Waals surface area contributed by atoms with E-state index in [1.165, 1.54) is 6.20 Å². The summed E-state index contributed by atoms with van der Waals surface area (Å²) in [5.74, 6) is 0.769. The van der Waals surface area contributed by atoms with Crippen LogP contribution in [0.3, 0.4) is 0 Å². The summed E-state index contributed by atoms with van der Waals surface area (Å²) in [6.45, 7) is 6.03. The van der Waals surface area contributed by atoms with E-state index in [9.17, 15) is 9.59 Å². The van der Waals surface area contributed by atoms with Crippen molar-refractivity contribution in [3.8, 4) is 0 Å². The number of hydrogen-bond donors (Lipinski definition) is 1. The van der Waals surface area contributed by atoms with Crippen LogP contribution in [-0.2, 0) is 9.53 Å². The average Bonchev–Trinajstić information content (AvgIpc) is 2.66. The minimum atomic E-state index is -0.177. The molecule has 1 atom stereocenters. The number of methoxy groups -OCH3 is 1. The van der Waals surface area contributed by atoms with Gasteiger partial charge in [-0.2, -0.15) is 0 Å². The number of aromatic amines is 1. The van der Waals surface area contributed by atoms with Gasteiger partial charge in [-0.15, -0.1) is 0 Å². The molecule has 25 heavy (non-hydrogen) atoms. The van der Waals surface area contributed by atoms with Crippen molar-refractivity contribution in [1.29, 1.82) is 0 Å². The lowest BCUT2D eigenvalue weighted by Crippen LogP contribution is -2.53. The lowest BCUT2D eigenvalue weighted by Gasteiger charge is -2.39. The van der Waals surface area contributed by atoms with E-state index in [1.807, 2.05) is 9.80 Å². The van der Waals surface area contributed by atoms with Gasteiger partial charge in [0.2, 0.25) is 5.91 Å². The number of amides is 1. The fourth-order valence-electron chi connectivity index (χ4n) is 3.65. The number of nitrogens with zero attached hydrogens (tertiary/aromatic N) is 4. The molecule has 2 aliphatic heterocycles. The Morgan fingerprint density at radius 3 is 2.84 bits per heavy atom. The Labute approximate surface area is 147 Å². The first-order valence-electron chi connectivity index (χ1n) is 8.97. The van der Waals surface area contributed by atoms with Gasteiger partial charge in [0.25, 0.3) is 5.56 Å². The van der Waals surface area contributed by atoms with Crippen LogP contribution in [0.15, 0.2) is 17.2 Å². The van der Waals surface area contributed by atoms with Crippen molar-refractivity contribution >= 4 is 11.7 Å². The van der Waals surface area contributed by atoms with E-state index >= 15 is 0 Å². The number of ether oxygens (including phenoxy) is 1. The minimum Gasteiger partial charge on any atom is -0.383 e. The molecule has 0 radical (unpaired) electrons. The highest BCUT2D eigenvalue weighted by Gasteiger charge is 2.31. The molecule has 2 saturated heterocycles. The van der Waals surface area contributed by atoms with Gasteiger partial charge < -0.3 is 24.4 Å². The van der Waals surface area contributed by atoms with Crippen molar-refractivity contribution in [3.63, 3.8) is 0 Å². The Bertz CT molecular complexity index is 627. The molecule has 1 aromatic heterocycles. The van der Waals surface area contributed by atoms with Crippen LogP contribution in [0.25, 0.3) is 0 Å². The molecular formula is C17H27N5O3. The van der Waals surface area contributed by atoms with Crippen LogP contribution in [0, 0.1) is 5.92 Å². The second-order valence-electron chi connectivity index (χ2n) is 6.69. The highest BCUT2D eigenvalue weighted by molar-refractivity contribution is 5.79. The number of nitrogens with one attached hydrogen (secondary N) is 1. The average molecular weight is 349 g/mol. The molecule has 0 aromatic carbocycles. The molecule has 0 aliphatic carbocycles. The maximum absolute atomic E-state index is 12.8. The van der Waals surface area contributed by atoms with Crippen LogP contribution in [-0.4, -0.2) is 85.2 Å². The van der Waals surface area contributed by atoms with Gasteiger partial charge >= 0.3 is 0 Å². The molecule has 8 heteroatoms. The van der Waals surface area contributed by atoms with Gasteiger partial charge in [0.1, 0.15) is 0 Å². The number of anilines is 1. The molecule has 138 valence electrons. The summed E-state index contributed by atoms with van der Waals surface area (Å²) in [7, 11) is 1.71. The maximum atomic E-state index is 12.8. The predicted octanol–water partition coefficient (Wildman–Crippen LogP) is -0.223. The monoisotopic (exact) mass is 349 g/mol. The van der Waals surface area contributed by atoms with Gasteiger partial charge in [-0.3, -0.25) is 9.59 Å². The molecule has 0 saturated carbocycles. The summed E-state index contributed by atoms with van der Waals surface area (Å²) >= 11 is 0. The van der Waals surface area contributed by atoms with Crippen molar-refractivity contribution in [3.05, 3.63) is 22.7 Å². The number of rotatable bonds is 5. The summed E-state index contributed by atoms with van der Waals surface area (Å²) in [5, 5.41) is 0. The Kier molecular flexibility index (Phi) is 6.04. The SMILES string of the molecule is COCCN1CCC[C@@H](C(=O)N2CCN(c3ncc[nH]c3=O)CC2)C1. The van der Waals surface area contributed by atoms with E-state index in [-0.39, 0.29) is 17.4 Å². The Hall–Kier alpha value is -1.93. The van der Waals surface area contributed by atoms with E-state index in [1.54, 1.807) is 13.3 Å². The first kappa shape index (κ1) is 17.9. The normalized spacial score (nSPS) is 22.2. The van der Waals surface area contributed by atoms with Crippen molar-refractivity contribution < 1.29 is 9.53 Å². The lowest BCUT2D eigenvalue weighted by molar-refractivity contribution is -0.137. The second kappa shape index (κ2) is 8.44. The number of likely N-dealkylation sites (tertiary alicyclic amines) is 1. The Morgan fingerprint density at radius 1 is 1.32 bits per heavy atom. The van der Waals surface area contributed by atoms with E-state index in [2.05, 4.69) is 14.9 Å².